The highest BCUT2D eigenvalue weighted by atomic mass is 16.8. The number of cyclic esters (lactones) is 1. The van der Waals surface area contributed by atoms with E-state index >= 15 is 0 Å². The van der Waals surface area contributed by atoms with Gasteiger partial charge in [-0.25, -0.2) is 9.59 Å². The topological polar surface area (TPSA) is 55.8 Å². The number of benzene rings is 1. The summed E-state index contributed by atoms with van der Waals surface area (Å²) in [4.78, 5) is 28.5. The lowest BCUT2D eigenvalue weighted by Crippen LogP contribution is -2.37. The zero-order valence-electron chi connectivity index (χ0n) is 12.0. The van der Waals surface area contributed by atoms with E-state index in [1.807, 2.05) is 43.3 Å². The van der Waals surface area contributed by atoms with Crippen molar-refractivity contribution in [3.8, 4) is 0 Å². The first-order chi connectivity index (χ1) is 10.2. The largest absolute Gasteiger partial charge is 0.445 e. The van der Waals surface area contributed by atoms with E-state index in [1.165, 1.54) is 0 Å². The van der Waals surface area contributed by atoms with E-state index in [4.69, 9.17) is 9.57 Å². The molecule has 0 bridgehead atoms. The standard InChI is InChI=1S/C16H19NO4/c1-2-3-5-10-15(18)21-17-14(12-20-16(17)19)11-13-8-6-4-7-9-13/h3-9,14H,2,10-12H2,1H3/t14-/m1/s1. The maximum Gasteiger partial charge on any atom is 0.443 e. The van der Waals surface area contributed by atoms with E-state index in [9.17, 15) is 9.59 Å². The molecule has 1 heterocycles. The summed E-state index contributed by atoms with van der Waals surface area (Å²) in [5, 5.41) is 1.05. The molecule has 1 fully saturated rings. The monoisotopic (exact) mass is 289 g/mol. The molecule has 2 rings (SSSR count). The number of nitrogens with zero attached hydrogens (tertiary/aromatic N) is 1. The first-order valence-electron chi connectivity index (χ1n) is 7.06. The van der Waals surface area contributed by atoms with Crippen LogP contribution in [0.1, 0.15) is 25.3 Å². The molecule has 5 heteroatoms. The molecule has 0 aliphatic carbocycles. The number of rotatable bonds is 6. The average molecular weight is 289 g/mol. The van der Waals surface area contributed by atoms with Crippen molar-refractivity contribution in [2.24, 2.45) is 0 Å². The van der Waals surface area contributed by atoms with Gasteiger partial charge in [0.1, 0.15) is 12.6 Å². The van der Waals surface area contributed by atoms with E-state index in [2.05, 4.69) is 0 Å². The maximum atomic E-state index is 11.7. The van der Waals surface area contributed by atoms with Crippen LogP contribution >= 0.6 is 0 Å². The molecule has 0 radical (unpaired) electrons. The van der Waals surface area contributed by atoms with Gasteiger partial charge >= 0.3 is 12.1 Å². The second kappa shape index (κ2) is 7.47. The van der Waals surface area contributed by atoms with Gasteiger partial charge < -0.3 is 9.57 Å². The molecule has 1 aliphatic rings. The van der Waals surface area contributed by atoms with Crippen LogP contribution in [0.15, 0.2) is 42.5 Å². The van der Waals surface area contributed by atoms with E-state index in [0.29, 0.717) is 6.42 Å². The Balaban J connectivity index is 1.94. The summed E-state index contributed by atoms with van der Waals surface area (Å²) in [6.07, 6.45) is 4.60. The summed E-state index contributed by atoms with van der Waals surface area (Å²) in [7, 11) is 0. The zero-order chi connectivity index (χ0) is 15.1. The Morgan fingerprint density at radius 2 is 2.14 bits per heavy atom. The predicted octanol–water partition coefficient (Wildman–Crippen LogP) is 2.86. The van der Waals surface area contributed by atoms with Crippen LogP contribution in [0.25, 0.3) is 0 Å². The van der Waals surface area contributed by atoms with Gasteiger partial charge in [0.2, 0.25) is 0 Å². The fraction of sp³-hybridized carbons (Fsp3) is 0.375. The Hall–Kier alpha value is -2.30. The van der Waals surface area contributed by atoms with Crippen LogP contribution in [-0.2, 0) is 20.8 Å². The molecule has 1 atom stereocenters. The van der Waals surface area contributed by atoms with Crippen LogP contribution in [0.3, 0.4) is 0 Å². The summed E-state index contributed by atoms with van der Waals surface area (Å²) in [6.45, 7) is 2.21. The van der Waals surface area contributed by atoms with Gasteiger partial charge in [0, 0.05) is 0 Å². The Labute approximate surface area is 124 Å². The first-order valence-corrected chi connectivity index (χ1v) is 7.06. The molecule has 0 spiro atoms. The lowest BCUT2D eigenvalue weighted by molar-refractivity contribution is -0.179. The number of hydroxylamine groups is 2. The highest BCUT2D eigenvalue weighted by Crippen LogP contribution is 2.18. The molecular weight excluding hydrogens is 270 g/mol. The summed E-state index contributed by atoms with van der Waals surface area (Å²) in [6, 6.07) is 9.44. The molecule has 21 heavy (non-hydrogen) atoms. The van der Waals surface area contributed by atoms with Gasteiger partial charge in [-0.05, 0) is 18.4 Å². The Morgan fingerprint density at radius 1 is 1.38 bits per heavy atom. The zero-order valence-corrected chi connectivity index (χ0v) is 12.0. The molecule has 0 saturated carbocycles. The summed E-state index contributed by atoms with van der Waals surface area (Å²) < 4.78 is 4.97. The fourth-order valence-corrected chi connectivity index (χ4v) is 2.08. The lowest BCUT2D eigenvalue weighted by Gasteiger charge is -2.19. The van der Waals surface area contributed by atoms with E-state index in [1.54, 1.807) is 6.08 Å². The molecule has 1 amide bonds. The molecular formula is C16H19NO4. The van der Waals surface area contributed by atoms with E-state index in [-0.39, 0.29) is 19.1 Å². The van der Waals surface area contributed by atoms with Crippen LogP contribution in [0.4, 0.5) is 4.79 Å². The first kappa shape index (κ1) is 15.1. The third-order valence-corrected chi connectivity index (χ3v) is 3.11. The average Bonchev–Trinajstić information content (AvgIpc) is 2.82. The quantitative estimate of drug-likeness (QED) is 0.756. The second-order valence-electron chi connectivity index (χ2n) is 4.79. The number of hydrogen-bond donors (Lipinski definition) is 0. The Morgan fingerprint density at radius 3 is 2.86 bits per heavy atom. The summed E-state index contributed by atoms with van der Waals surface area (Å²) in [5.41, 5.74) is 1.06. The highest BCUT2D eigenvalue weighted by molar-refractivity contribution is 5.75. The molecule has 0 unspecified atom stereocenters. The molecule has 0 N–H and O–H groups in total. The number of amides is 1. The summed E-state index contributed by atoms with van der Waals surface area (Å²) >= 11 is 0. The molecule has 1 saturated heterocycles. The molecule has 0 aromatic heterocycles. The van der Waals surface area contributed by atoms with Gasteiger partial charge in [0.25, 0.3) is 0 Å². The van der Waals surface area contributed by atoms with Crippen molar-refractivity contribution in [3.05, 3.63) is 48.0 Å². The normalized spacial score (nSPS) is 18.0. The van der Waals surface area contributed by atoms with Crippen molar-refractivity contribution in [1.29, 1.82) is 0 Å². The van der Waals surface area contributed by atoms with Gasteiger partial charge in [-0.1, -0.05) is 49.4 Å². The van der Waals surface area contributed by atoms with Crippen LogP contribution in [-0.4, -0.2) is 29.8 Å². The van der Waals surface area contributed by atoms with Crippen molar-refractivity contribution in [2.75, 3.05) is 6.61 Å². The number of ether oxygens (including phenoxy) is 1. The van der Waals surface area contributed by atoms with Gasteiger partial charge in [0.05, 0.1) is 6.42 Å². The fourth-order valence-electron chi connectivity index (χ4n) is 2.08. The van der Waals surface area contributed by atoms with Crippen LogP contribution in [0, 0.1) is 0 Å². The molecule has 5 nitrogen and oxygen atoms in total. The molecule has 1 aromatic carbocycles. The lowest BCUT2D eigenvalue weighted by atomic mass is 10.1. The Kier molecular flexibility index (Phi) is 5.37. The van der Waals surface area contributed by atoms with Crippen molar-refractivity contribution in [3.63, 3.8) is 0 Å². The van der Waals surface area contributed by atoms with Crippen LogP contribution in [0.2, 0.25) is 0 Å². The minimum atomic E-state index is -0.608. The minimum Gasteiger partial charge on any atom is -0.445 e. The van der Waals surface area contributed by atoms with Gasteiger partial charge in [-0.2, -0.15) is 0 Å². The van der Waals surface area contributed by atoms with E-state index in [0.717, 1.165) is 17.0 Å². The SMILES string of the molecule is CCC=CCC(=O)ON1C(=O)OC[C@H]1Cc1ccccc1. The highest BCUT2D eigenvalue weighted by Gasteiger charge is 2.36. The van der Waals surface area contributed by atoms with Crippen LogP contribution in [0.5, 0.6) is 0 Å². The van der Waals surface area contributed by atoms with Crippen molar-refractivity contribution >= 4 is 12.1 Å². The third-order valence-electron chi connectivity index (χ3n) is 3.11. The van der Waals surface area contributed by atoms with Crippen molar-refractivity contribution in [2.45, 2.75) is 32.2 Å². The van der Waals surface area contributed by atoms with Crippen LogP contribution < -0.4 is 0 Å². The summed E-state index contributed by atoms with van der Waals surface area (Å²) in [5.74, 6) is -0.461. The van der Waals surface area contributed by atoms with Gasteiger partial charge in [-0.15, -0.1) is 5.06 Å². The number of allylic oxidation sites excluding steroid dienone is 1. The second-order valence-corrected chi connectivity index (χ2v) is 4.79. The predicted molar refractivity (Wildman–Crippen MR) is 77.3 cm³/mol. The van der Waals surface area contributed by atoms with Crippen molar-refractivity contribution in [1.82, 2.24) is 5.06 Å². The van der Waals surface area contributed by atoms with Gasteiger partial charge in [-0.3, -0.25) is 0 Å². The third kappa shape index (κ3) is 4.34. The number of carbonyl (C=O) groups is 2. The molecule has 1 aromatic rings. The molecule has 112 valence electrons. The number of carbonyl (C=O) groups excluding carboxylic acids is 2. The smallest absolute Gasteiger partial charge is 0.443 e. The van der Waals surface area contributed by atoms with E-state index < -0.39 is 12.1 Å². The van der Waals surface area contributed by atoms with Crippen molar-refractivity contribution < 1.29 is 19.2 Å². The minimum absolute atomic E-state index is 0.148. The molecule has 1 aliphatic heterocycles. The Bertz CT molecular complexity index is 512. The maximum absolute atomic E-state index is 11.7. The number of hydrogen-bond acceptors (Lipinski definition) is 4. The van der Waals surface area contributed by atoms with Gasteiger partial charge in [0.15, 0.2) is 0 Å².